The van der Waals surface area contributed by atoms with E-state index in [-0.39, 0.29) is 23.7 Å². The molecule has 1 fully saturated rings. The van der Waals surface area contributed by atoms with Gasteiger partial charge in [0.2, 0.25) is 0 Å². The van der Waals surface area contributed by atoms with E-state index in [1.165, 1.54) is 0 Å². The maximum Gasteiger partial charge on any atom is 0.354 e. The zero-order valence-electron chi connectivity index (χ0n) is 15.5. The summed E-state index contributed by atoms with van der Waals surface area (Å²) in [4.78, 5) is 12.7. The van der Waals surface area contributed by atoms with Crippen LogP contribution in [0.1, 0.15) is 6.92 Å². The average molecular weight is 398 g/mol. The first-order valence-electron chi connectivity index (χ1n) is 9.26. The van der Waals surface area contributed by atoms with Crippen molar-refractivity contribution in [3.05, 3.63) is 77.7 Å². The number of ether oxygens (including phenoxy) is 1. The Balaban J connectivity index is 1.90. The lowest BCUT2D eigenvalue weighted by Crippen LogP contribution is -2.40. The van der Waals surface area contributed by atoms with Crippen LogP contribution in [-0.4, -0.2) is 39.3 Å². The van der Waals surface area contributed by atoms with E-state index in [0.717, 1.165) is 11.3 Å². The topological polar surface area (TPSA) is 84.5 Å². The number of sulfone groups is 1. The van der Waals surface area contributed by atoms with E-state index >= 15 is 0 Å². The summed E-state index contributed by atoms with van der Waals surface area (Å²) in [6.45, 7) is 2.66. The van der Waals surface area contributed by atoms with E-state index in [4.69, 9.17) is 4.74 Å². The molecule has 1 aromatic carbocycles. The van der Waals surface area contributed by atoms with Crippen LogP contribution in [0.5, 0.6) is 0 Å². The molecule has 7 heteroatoms. The molecule has 28 heavy (non-hydrogen) atoms. The molecule has 0 amide bonds. The van der Waals surface area contributed by atoms with E-state index in [1.54, 1.807) is 43.3 Å². The first-order valence-corrected chi connectivity index (χ1v) is 10.8. The molecule has 0 aromatic heterocycles. The van der Waals surface area contributed by atoms with Gasteiger partial charge >= 0.3 is 5.97 Å². The molecule has 1 aliphatic carbocycles. The van der Waals surface area contributed by atoms with Crippen molar-refractivity contribution in [2.75, 3.05) is 19.7 Å². The average Bonchev–Trinajstić information content (AvgIpc) is 2.97. The van der Waals surface area contributed by atoms with E-state index in [0.29, 0.717) is 6.54 Å². The number of hydrogen-bond acceptors (Lipinski definition) is 6. The molecule has 2 N–H and O–H groups in total. The largest absolute Gasteiger partial charge is 0.461 e. The van der Waals surface area contributed by atoms with Crippen molar-refractivity contribution in [2.24, 2.45) is 5.41 Å². The molecular formula is C21H22N2O4S. The fourth-order valence-electron chi connectivity index (χ4n) is 4.12. The maximum absolute atomic E-state index is 13.6. The molecule has 2 heterocycles. The Labute approximate surface area is 164 Å². The van der Waals surface area contributed by atoms with Gasteiger partial charge in [-0.25, -0.2) is 13.2 Å². The lowest BCUT2D eigenvalue weighted by atomic mass is 9.73. The number of allylic oxidation sites excluding steroid dienone is 4. The first-order chi connectivity index (χ1) is 13.5. The Hall–Kier alpha value is -2.80. The Morgan fingerprint density at radius 2 is 2.04 bits per heavy atom. The zero-order chi connectivity index (χ0) is 19.8. The molecule has 146 valence electrons. The van der Waals surface area contributed by atoms with Crippen molar-refractivity contribution < 1.29 is 17.9 Å². The lowest BCUT2D eigenvalue weighted by Gasteiger charge is -2.35. The van der Waals surface area contributed by atoms with Crippen molar-refractivity contribution in [3.63, 3.8) is 0 Å². The quantitative estimate of drug-likeness (QED) is 0.753. The molecule has 2 aliphatic heterocycles. The summed E-state index contributed by atoms with van der Waals surface area (Å²) in [5.41, 5.74) is 0.948. The van der Waals surface area contributed by atoms with Gasteiger partial charge in [-0.05, 0) is 36.8 Å². The molecule has 1 aromatic rings. The van der Waals surface area contributed by atoms with Crippen LogP contribution >= 0.6 is 0 Å². The third-order valence-corrected chi connectivity index (χ3v) is 7.59. The molecule has 1 spiro atoms. The van der Waals surface area contributed by atoms with Gasteiger partial charge < -0.3 is 15.4 Å². The fourth-order valence-corrected chi connectivity index (χ4v) is 6.11. The summed E-state index contributed by atoms with van der Waals surface area (Å²) < 4.78 is 32.3. The van der Waals surface area contributed by atoms with Crippen molar-refractivity contribution in [3.8, 4) is 0 Å². The molecule has 3 aliphatic rings. The van der Waals surface area contributed by atoms with Crippen LogP contribution in [0.4, 0.5) is 0 Å². The molecule has 2 unspecified atom stereocenters. The number of nitrogens with one attached hydrogen (secondary N) is 2. The predicted molar refractivity (Wildman–Crippen MR) is 106 cm³/mol. The number of carbonyl (C=O) groups is 1. The normalized spacial score (nSPS) is 25.8. The van der Waals surface area contributed by atoms with Crippen molar-refractivity contribution in [1.29, 1.82) is 0 Å². The first kappa shape index (κ1) is 18.6. The van der Waals surface area contributed by atoms with Gasteiger partial charge in [0.1, 0.15) is 10.9 Å². The zero-order valence-corrected chi connectivity index (χ0v) is 16.3. The van der Waals surface area contributed by atoms with Crippen LogP contribution in [0.25, 0.3) is 0 Å². The molecule has 4 rings (SSSR count). The van der Waals surface area contributed by atoms with Gasteiger partial charge in [-0.15, -0.1) is 0 Å². The Bertz CT molecular complexity index is 1020. The van der Waals surface area contributed by atoms with Crippen molar-refractivity contribution in [2.45, 2.75) is 17.1 Å². The van der Waals surface area contributed by atoms with Crippen LogP contribution in [-0.2, 0) is 19.4 Å². The minimum atomic E-state index is -3.67. The minimum Gasteiger partial charge on any atom is -0.461 e. The van der Waals surface area contributed by atoms with Crippen LogP contribution in [0.15, 0.2) is 82.6 Å². The lowest BCUT2D eigenvalue weighted by molar-refractivity contribution is -0.139. The molecule has 0 bridgehead atoms. The highest BCUT2D eigenvalue weighted by Crippen LogP contribution is 2.50. The Morgan fingerprint density at radius 1 is 1.25 bits per heavy atom. The number of carbonyl (C=O) groups excluding carboxylic acids is 1. The maximum atomic E-state index is 13.6. The van der Waals surface area contributed by atoms with Crippen LogP contribution in [0.2, 0.25) is 0 Å². The molecule has 0 radical (unpaired) electrons. The van der Waals surface area contributed by atoms with Crippen LogP contribution < -0.4 is 10.6 Å². The monoisotopic (exact) mass is 398 g/mol. The Morgan fingerprint density at radius 3 is 2.79 bits per heavy atom. The van der Waals surface area contributed by atoms with Gasteiger partial charge in [0, 0.05) is 18.8 Å². The van der Waals surface area contributed by atoms with Gasteiger partial charge in [0.15, 0.2) is 9.84 Å². The number of esters is 1. The minimum absolute atomic E-state index is 0.248. The van der Waals surface area contributed by atoms with E-state index < -0.39 is 26.5 Å². The smallest absolute Gasteiger partial charge is 0.354 e. The van der Waals surface area contributed by atoms with Gasteiger partial charge in [-0.2, -0.15) is 0 Å². The van der Waals surface area contributed by atoms with E-state index in [1.807, 2.05) is 24.3 Å². The second kappa shape index (κ2) is 6.98. The summed E-state index contributed by atoms with van der Waals surface area (Å²) in [5, 5.41) is 5.54. The highest BCUT2D eigenvalue weighted by Gasteiger charge is 2.55. The number of rotatable bonds is 4. The second-order valence-corrected chi connectivity index (χ2v) is 8.99. The fraction of sp³-hybridized carbons (Fsp3) is 0.286. The molecule has 2 atom stereocenters. The highest BCUT2D eigenvalue weighted by atomic mass is 32.2. The van der Waals surface area contributed by atoms with E-state index in [9.17, 15) is 13.2 Å². The van der Waals surface area contributed by atoms with Gasteiger partial charge in [-0.1, -0.05) is 36.4 Å². The Kier molecular flexibility index (Phi) is 4.63. The van der Waals surface area contributed by atoms with Crippen molar-refractivity contribution in [1.82, 2.24) is 10.6 Å². The van der Waals surface area contributed by atoms with Crippen LogP contribution in [0.3, 0.4) is 0 Å². The summed E-state index contributed by atoms with van der Waals surface area (Å²) >= 11 is 0. The number of benzene rings is 1. The standard InChI is InChI=1S/C21H22N2O4S/c1-2-27-20(24)17-13-21-15(11-12-22-17)7-6-10-18(21)23-14-19(21)28(25,26)16-8-4-3-5-9-16/h3-11,13,19,22-23H,2,12,14H2,1H3. The SMILES string of the molecule is CCOC(=O)C1=CC23C(=CCN1)C=CC=C2NCC3S(=O)(=O)c1ccccc1. The van der Waals surface area contributed by atoms with Crippen molar-refractivity contribution >= 4 is 15.8 Å². The highest BCUT2D eigenvalue weighted by molar-refractivity contribution is 7.92. The third kappa shape index (κ3) is 2.77. The number of hydrogen-bond donors (Lipinski definition) is 2. The molecule has 0 saturated carbocycles. The summed E-state index contributed by atoms with van der Waals surface area (Å²) in [7, 11) is -3.67. The van der Waals surface area contributed by atoms with Crippen LogP contribution in [0, 0.1) is 5.41 Å². The van der Waals surface area contributed by atoms with Gasteiger partial charge in [0.05, 0.1) is 16.9 Å². The summed E-state index contributed by atoms with van der Waals surface area (Å²) in [6, 6.07) is 8.45. The van der Waals surface area contributed by atoms with E-state index in [2.05, 4.69) is 10.6 Å². The second-order valence-electron chi connectivity index (χ2n) is 6.85. The molecular weight excluding hydrogens is 376 g/mol. The summed E-state index contributed by atoms with van der Waals surface area (Å²) in [5.74, 6) is -0.483. The third-order valence-electron chi connectivity index (χ3n) is 5.38. The van der Waals surface area contributed by atoms with Gasteiger partial charge in [-0.3, -0.25) is 0 Å². The molecule has 6 nitrogen and oxygen atoms in total. The summed E-state index contributed by atoms with van der Waals surface area (Å²) in [6.07, 6.45) is 9.35. The molecule has 1 saturated heterocycles. The predicted octanol–water partition coefficient (Wildman–Crippen LogP) is 1.85. The van der Waals surface area contributed by atoms with Gasteiger partial charge in [0.25, 0.3) is 0 Å².